The molecular weight excluding hydrogens is 479 g/mol. The van der Waals surface area contributed by atoms with Gasteiger partial charge in [-0.25, -0.2) is 17.5 Å². The van der Waals surface area contributed by atoms with Gasteiger partial charge in [0.2, 0.25) is 15.9 Å². The van der Waals surface area contributed by atoms with Crippen LogP contribution >= 0.6 is 0 Å². The lowest BCUT2D eigenvalue weighted by atomic mass is 9.87. The summed E-state index contributed by atoms with van der Waals surface area (Å²) >= 11 is 0. The Kier molecular flexibility index (Phi) is 5.65. The van der Waals surface area contributed by atoms with Gasteiger partial charge in [-0.15, -0.1) is 0 Å². The Morgan fingerprint density at radius 2 is 2.00 bits per heavy atom. The fourth-order valence-electron chi connectivity index (χ4n) is 4.79. The molecule has 2 atom stereocenters. The predicted molar refractivity (Wildman–Crippen MR) is 123 cm³/mol. The number of hydrogen-bond acceptors (Lipinski definition) is 6. The Morgan fingerprint density at radius 1 is 1.26 bits per heavy atom. The molecule has 35 heavy (non-hydrogen) atoms. The van der Waals surface area contributed by atoms with Crippen molar-refractivity contribution in [1.82, 2.24) is 14.2 Å². The van der Waals surface area contributed by atoms with Crippen LogP contribution in [-0.4, -0.2) is 68.7 Å². The van der Waals surface area contributed by atoms with E-state index in [4.69, 9.17) is 9.47 Å². The van der Waals surface area contributed by atoms with Gasteiger partial charge in [-0.1, -0.05) is 0 Å². The zero-order valence-corrected chi connectivity index (χ0v) is 20.4. The molecule has 0 bridgehead atoms. The number of anilines is 1. The van der Waals surface area contributed by atoms with E-state index in [1.54, 1.807) is 18.9 Å². The number of carbonyl (C=O) groups excluding carboxylic acids is 2. The molecule has 188 valence electrons. The number of likely N-dealkylation sites (tertiary alicyclic amines) is 1. The zero-order chi connectivity index (χ0) is 25.1. The second kappa shape index (κ2) is 8.32. The van der Waals surface area contributed by atoms with Crippen molar-refractivity contribution < 1.29 is 31.9 Å². The number of rotatable bonds is 3. The predicted octanol–water partition coefficient (Wildman–Crippen LogP) is 1.26. The summed E-state index contributed by atoms with van der Waals surface area (Å²) in [5.41, 5.74) is 0.167. The van der Waals surface area contributed by atoms with Crippen molar-refractivity contribution in [3.8, 4) is 5.75 Å². The van der Waals surface area contributed by atoms with Crippen molar-refractivity contribution in [3.05, 3.63) is 41.5 Å². The van der Waals surface area contributed by atoms with Crippen LogP contribution in [-0.2, 0) is 26.6 Å². The van der Waals surface area contributed by atoms with Crippen LogP contribution in [0.25, 0.3) is 0 Å². The maximum Gasteiger partial charge on any atom is 0.276 e. The Balaban J connectivity index is 1.41. The Morgan fingerprint density at radius 3 is 2.66 bits per heavy atom. The van der Waals surface area contributed by atoms with Crippen LogP contribution in [0.1, 0.15) is 23.0 Å². The van der Waals surface area contributed by atoms with Crippen LogP contribution in [0.4, 0.5) is 10.1 Å². The average molecular weight is 507 g/mol. The molecule has 2 saturated heterocycles. The molecule has 1 aromatic carbocycles. The lowest BCUT2D eigenvalue weighted by Crippen LogP contribution is -2.53. The lowest BCUT2D eigenvalue weighted by Gasteiger charge is -2.39. The minimum atomic E-state index is -4.04. The highest BCUT2D eigenvalue weighted by Crippen LogP contribution is 2.36. The number of hydrogen-bond donors (Lipinski definition) is 2. The van der Waals surface area contributed by atoms with Crippen molar-refractivity contribution in [2.75, 3.05) is 38.2 Å². The van der Waals surface area contributed by atoms with E-state index >= 15 is 0 Å². The fourth-order valence-corrected chi connectivity index (χ4v) is 6.28. The third-order valence-corrected chi connectivity index (χ3v) is 8.34. The van der Waals surface area contributed by atoms with Gasteiger partial charge >= 0.3 is 0 Å². The van der Waals surface area contributed by atoms with Gasteiger partial charge in [-0.3, -0.25) is 9.59 Å². The van der Waals surface area contributed by atoms with Crippen LogP contribution < -0.4 is 14.8 Å². The zero-order valence-electron chi connectivity index (χ0n) is 19.6. The summed E-state index contributed by atoms with van der Waals surface area (Å²) in [6.07, 6.45) is 1.33. The number of sulfonamides is 1. The number of fused-ring (bicyclic) bond motifs is 2. The first kappa shape index (κ1) is 23.8. The molecule has 3 aliphatic heterocycles. The van der Waals surface area contributed by atoms with E-state index in [0.717, 1.165) is 0 Å². The van der Waals surface area contributed by atoms with Gasteiger partial charge < -0.3 is 24.3 Å². The maximum absolute atomic E-state index is 13.6. The van der Waals surface area contributed by atoms with Gasteiger partial charge in [0.25, 0.3) is 5.91 Å². The van der Waals surface area contributed by atoms with E-state index in [1.807, 2.05) is 6.92 Å². The molecule has 0 radical (unpaired) electrons. The first-order valence-electron chi connectivity index (χ1n) is 11.3. The molecule has 2 N–H and O–H groups in total. The smallest absolute Gasteiger partial charge is 0.276 e. The van der Waals surface area contributed by atoms with E-state index in [-0.39, 0.29) is 41.3 Å². The van der Waals surface area contributed by atoms with Gasteiger partial charge in [0.1, 0.15) is 10.7 Å². The SMILES string of the molecule is Cc1cc(NC(=O)c2c3c(cn2C)S(=O)(=O)NC2CN(C(=O)C4(C)COC4)CC2CO3)ccc1F. The third-order valence-electron chi connectivity index (χ3n) is 6.86. The van der Waals surface area contributed by atoms with Crippen LogP contribution in [0.5, 0.6) is 5.75 Å². The molecule has 5 rings (SSSR count). The summed E-state index contributed by atoms with van der Waals surface area (Å²) in [4.78, 5) is 27.6. The molecule has 12 heteroatoms. The van der Waals surface area contributed by atoms with Crippen molar-refractivity contribution in [2.24, 2.45) is 18.4 Å². The first-order valence-corrected chi connectivity index (χ1v) is 12.8. The highest BCUT2D eigenvalue weighted by molar-refractivity contribution is 7.89. The lowest BCUT2D eigenvalue weighted by molar-refractivity contribution is -0.167. The summed E-state index contributed by atoms with van der Waals surface area (Å²) in [5, 5.41) is 2.68. The number of ether oxygens (including phenoxy) is 2. The monoisotopic (exact) mass is 506 g/mol. The van der Waals surface area contributed by atoms with Gasteiger partial charge in [0.15, 0.2) is 11.4 Å². The number of halogens is 1. The minimum Gasteiger partial charge on any atom is -0.489 e. The van der Waals surface area contributed by atoms with E-state index in [9.17, 15) is 22.4 Å². The summed E-state index contributed by atoms with van der Waals surface area (Å²) in [5.74, 6) is -1.40. The summed E-state index contributed by atoms with van der Waals surface area (Å²) in [6, 6.07) is 3.64. The largest absolute Gasteiger partial charge is 0.489 e. The molecule has 2 fully saturated rings. The molecule has 0 aliphatic carbocycles. The highest BCUT2D eigenvalue weighted by Gasteiger charge is 2.48. The fraction of sp³-hybridized carbons (Fsp3) is 0.478. The summed E-state index contributed by atoms with van der Waals surface area (Å²) in [6.45, 7) is 4.80. The van der Waals surface area contributed by atoms with E-state index < -0.39 is 33.2 Å². The standard InChI is InChI=1S/C23H27FN4O6S/c1-13-6-15(4-5-16(13)24)25-21(29)19-20-18(9-27(19)3)35(31,32)26-17-8-28(7-14(17)10-34-20)22(30)23(2)11-33-12-23/h4-6,9,14,17,26H,7-8,10-12H2,1-3H3,(H,25,29). The average Bonchev–Trinajstić information content (AvgIpc) is 3.32. The Labute approximate surface area is 202 Å². The summed E-state index contributed by atoms with van der Waals surface area (Å²) in [7, 11) is -2.49. The third kappa shape index (κ3) is 4.09. The van der Waals surface area contributed by atoms with Crippen LogP contribution in [0, 0.1) is 24.1 Å². The van der Waals surface area contributed by atoms with Gasteiger partial charge in [0, 0.05) is 44.0 Å². The minimum absolute atomic E-state index is 0.0239. The molecule has 10 nitrogen and oxygen atoms in total. The number of benzene rings is 1. The Bertz CT molecular complexity index is 1320. The van der Waals surface area contributed by atoms with Gasteiger partial charge in [-0.2, -0.15) is 0 Å². The maximum atomic E-state index is 13.6. The number of carbonyl (C=O) groups is 2. The number of aryl methyl sites for hydroxylation is 2. The van der Waals surface area contributed by atoms with Crippen molar-refractivity contribution >= 4 is 27.5 Å². The van der Waals surface area contributed by atoms with Gasteiger partial charge in [0.05, 0.1) is 25.2 Å². The molecule has 2 unspecified atom stereocenters. The molecule has 1 aromatic heterocycles. The van der Waals surface area contributed by atoms with Crippen LogP contribution in [0.3, 0.4) is 0 Å². The van der Waals surface area contributed by atoms with Gasteiger partial charge in [-0.05, 0) is 37.6 Å². The van der Waals surface area contributed by atoms with Crippen LogP contribution in [0.15, 0.2) is 29.3 Å². The Hall–Kier alpha value is -2.96. The van der Waals surface area contributed by atoms with Crippen molar-refractivity contribution in [3.63, 3.8) is 0 Å². The number of aromatic nitrogens is 1. The number of amides is 2. The summed E-state index contributed by atoms with van der Waals surface area (Å²) < 4.78 is 55.4. The quantitative estimate of drug-likeness (QED) is 0.647. The van der Waals surface area contributed by atoms with Crippen LogP contribution in [0.2, 0.25) is 0 Å². The van der Waals surface area contributed by atoms with Crippen molar-refractivity contribution in [2.45, 2.75) is 24.8 Å². The molecular formula is C23H27FN4O6S. The molecule has 2 amide bonds. The second-order valence-corrected chi connectivity index (χ2v) is 11.4. The highest BCUT2D eigenvalue weighted by atomic mass is 32.2. The number of nitrogens with one attached hydrogen (secondary N) is 2. The molecule has 3 aliphatic rings. The molecule has 0 spiro atoms. The number of nitrogens with zero attached hydrogens (tertiary/aromatic N) is 2. The van der Waals surface area contributed by atoms with E-state index in [0.29, 0.717) is 31.0 Å². The topological polar surface area (TPSA) is 119 Å². The molecule has 0 saturated carbocycles. The molecule has 2 aromatic rings. The van der Waals surface area contributed by atoms with E-state index in [2.05, 4.69) is 10.0 Å². The second-order valence-electron chi connectivity index (χ2n) is 9.76. The van der Waals surface area contributed by atoms with E-state index in [1.165, 1.54) is 29.0 Å². The molecule has 4 heterocycles. The normalized spacial score (nSPS) is 24.3. The first-order chi connectivity index (χ1) is 16.5. The van der Waals surface area contributed by atoms with Crippen molar-refractivity contribution in [1.29, 1.82) is 0 Å².